The molecule has 1 aromatic heterocycles. The second kappa shape index (κ2) is 7.25. The van der Waals surface area contributed by atoms with Crippen molar-refractivity contribution >= 4 is 6.03 Å². The molecular formula is C19H25N5O. The van der Waals surface area contributed by atoms with E-state index < -0.39 is 0 Å². The summed E-state index contributed by atoms with van der Waals surface area (Å²) >= 11 is 0. The van der Waals surface area contributed by atoms with Crippen LogP contribution in [0.15, 0.2) is 36.7 Å². The number of carbonyl (C=O) groups is 1. The highest BCUT2D eigenvalue weighted by Gasteiger charge is 2.26. The van der Waals surface area contributed by atoms with Gasteiger partial charge in [-0.15, -0.1) is 5.10 Å². The maximum absolute atomic E-state index is 12.6. The summed E-state index contributed by atoms with van der Waals surface area (Å²) in [5.41, 5.74) is 2.85. The fourth-order valence-electron chi connectivity index (χ4n) is 4.17. The number of carbonyl (C=O) groups excluding carboxylic acids is 1. The van der Waals surface area contributed by atoms with Gasteiger partial charge in [0.25, 0.3) is 0 Å². The van der Waals surface area contributed by atoms with Crippen LogP contribution in [-0.2, 0) is 13.0 Å². The number of hydrogen-bond acceptors (Lipinski definition) is 3. The summed E-state index contributed by atoms with van der Waals surface area (Å²) in [5, 5.41) is 11.1. The number of aromatic nitrogens is 3. The van der Waals surface area contributed by atoms with Crippen LogP contribution in [0.4, 0.5) is 4.79 Å². The Bertz CT molecular complexity index is 714. The molecule has 0 spiro atoms. The molecule has 4 rings (SSSR count). The summed E-state index contributed by atoms with van der Waals surface area (Å²) in [6.07, 6.45) is 8.04. The Hall–Kier alpha value is -2.37. The lowest BCUT2D eigenvalue weighted by molar-refractivity contribution is 0.157. The number of piperidine rings is 1. The zero-order valence-corrected chi connectivity index (χ0v) is 14.5. The van der Waals surface area contributed by atoms with Gasteiger partial charge in [0.15, 0.2) is 0 Å². The van der Waals surface area contributed by atoms with E-state index in [0.717, 1.165) is 51.9 Å². The molecule has 25 heavy (non-hydrogen) atoms. The van der Waals surface area contributed by atoms with Crippen molar-refractivity contribution in [2.75, 3.05) is 19.6 Å². The van der Waals surface area contributed by atoms with Gasteiger partial charge in [-0.1, -0.05) is 29.5 Å². The maximum atomic E-state index is 12.6. The maximum Gasteiger partial charge on any atom is 0.317 e. The van der Waals surface area contributed by atoms with Crippen molar-refractivity contribution < 1.29 is 4.79 Å². The first kappa shape index (κ1) is 16.1. The minimum Gasteiger partial charge on any atom is -0.337 e. The van der Waals surface area contributed by atoms with E-state index in [2.05, 4.69) is 39.9 Å². The van der Waals surface area contributed by atoms with Crippen LogP contribution in [-0.4, -0.2) is 45.6 Å². The molecule has 0 saturated carbocycles. The Balaban J connectivity index is 1.29. The van der Waals surface area contributed by atoms with E-state index >= 15 is 0 Å². The van der Waals surface area contributed by atoms with E-state index in [0.29, 0.717) is 11.8 Å². The van der Waals surface area contributed by atoms with Crippen molar-refractivity contribution in [3.8, 4) is 0 Å². The first-order valence-electron chi connectivity index (χ1n) is 9.24. The molecule has 2 amide bonds. The SMILES string of the molecule is O=C(NC[C@H]1CCc2ccccc21)N1CCC[C@H](Cn2ccnn2)C1. The summed E-state index contributed by atoms with van der Waals surface area (Å²) in [4.78, 5) is 14.6. The summed E-state index contributed by atoms with van der Waals surface area (Å²) in [6, 6.07) is 8.68. The van der Waals surface area contributed by atoms with Gasteiger partial charge in [0.1, 0.15) is 0 Å². The zero-order valence-electron chi connectivity index (χ0n) is 14.5. The van der Waals surface area contributed by atoms with Crippen LogP contribution < -0.4 is 5.32 Å². The lowest BCUT2D eigenvalue weighted by Crippen LogP contribution is -2.47. The normalized spacial score (nSPS) is 22.6. The first-order valence-corrected chi connectivity index (χ1v) is 9.24. The van der Waals surface area contributed by atoms with Crippen LogP contribution in [0.2, 0.25) is 0 Å². The van der Waals surface area contributed by atoms with Gasteiger partial charge in [0.2, 0.25) is 0 Å². The molecule has 2 heterocycles. The van der Waals surface area contributed by atoms with E-state index in [-0.39, 0.29) is 6.03 Å². The highest BCUT2D eigenvalue weighted by Crippen LogP contribution is 2.32. The zero-order chi connectivity index (χ0) is 17.1. The third-order valence-corrected chi connectivity index (χ3v) is 5.48. The van der Waals surface area contributed by atoms with Gasteiger partial charge in [0, 0.05) is 38.3 Å². The average molecular weight is 339 g/mol. The number of nitrogens with zero attached hydrogens (tertiary/aromatic N) is 4. The Kier molecular flexibility index (Phi) is 4.68. The van der Waals surface area contributed by atoms with Crippen LogP contribution in [0, 0.1) is 5.92 Å². The summed E-state index contributed by atoms with van der Waals surface area (Å²) in [7, 11) is 0. The largest absolute Gasteiger partial charge is 0.337 e. The predicted octanol–water partition coefficient (Wildman–Crippen LogP) is 2.43. The smallest absolute Gasteiger partial charge is 0.317 e. The molecule has 1 N–H and O–H groups in total. The molecule has 2 atom stereocenters. The number of likely N-dealkylation sites (tertiary alicyclic amines) is 1. The monoisotopic (exact) mass is 339 g/mol. The van der Waals surface area contributed by atoms with E-state index in [1.807, 2.05) is 15.8 Å². The van der Waals surface area contributed by atoms with Gasteiger partial charge in [0.05, 0.1) is 6.20 Å². The minimum atomic E-state index is 0.0765. The molecule has 0 radical (unpaired) electrons. The molecule has 2 aliphatic rings. The van der Waals surface area contributed by atoms with E-state index in [9.17, 15) is 4.79 Å². The molecule has 0 bridgehead atoms. The molecule has 6 nitrogen and oxygen atoms in total. The highest BCUT2D eigenvalue weighted by molar-refractivity contribution is 5.74. The molecule has 1 aromatic carbocycles. The fraction of sp³-hybridized carbons (Fsp3) is 0.526. The minimum absolute atomic E-state index is 0.0765. The summed E-state index contributed by atoms with van der Waals surface area (Å²) in [5.74, 6) is 0.907. The fourth-order valence-corrected chi connectivity index (χ4v) is 4.17. The molecular weight excluding hydrogens is 314 g/mol. The van der Waals surface area contributed by atoms with Crippen LogP contribution >= 0.6 is 0 Å². The molecule has 2 aromatic rings. The van der Waals surface area contributed by atoms with Crippen LogP contribution in [0.5, 0.6) is 0 Å². The Morgan fingerprint density at radius 2 is 2.20 bits per heavy atom. The predicted molar refractivity (Wildman–Crippen MR) is 95.2 cm³/mol. The van der Waals surface area contributed by atoms with Crippen molar-refractivity contribution in [1.29, 1.82) is 0 Å². The molecule has 1 aliphatic carbocycles. The number of fused-ring (bicyclic) bond motifs is 1. The van der Waals surface area contributed by atoms with E-state index in [4.69, 9.17) is 0 Å². The number of amides is 2. The topological polar surface area (TPSA) is 63.1 Å². The van der Waals surface area contributed by atoms with Crippen molar-refractivity contribution in [2.45, 2.75) is 38.1 Å². The third kappa shape index (κ3) is 3.67. The quantitative estimate of drug-likeness (QED) is 0.930. The number of aryl methyl sites for hydroxylation is 1. The van der Waals surface area contributed by atoms with Gasteiger partial charge < -0.3 is 10.2 Å². The Labute approximate surface area is 148 Å². The lowest BCUT2D eigenvalue weighted by Gasteiger charge is -2.33. The second-order valence-electron chi connectivity index (χ2n) is 7.20. The number of rotatable bonds is 4. The van der Waals surface area contributed by atoms with Crippen molar-refractivity contribution in [1.82, 2.24) is 25.2 Å². The van der Waals surface area contributed by atoms with Crippen molar-refractivity contribution in [3.63, 3.8) is 0 Å². The number of urea groups is 1. The molecule has 1 aliphatic heterocycles. The standard InChI is InChI=1S/C19H25N5O/c25-19(20-12-17-8-7-16-5-1-2-6-18(16)17)23-10-3-4-15(13-23)14-24-11-9-21-22-24/h1-2,5-6,9,11,15,17H,3-4,7-8,10,12-14H2,(H,20,25)/t15-,17+/m0/s1. The van der Waals surface area contributed by atoms with Crippen LogP contribution in [0.25, 0.3) is 0 Å². The highest BCUT2D eigenvalue weighted by atomic mass is 16.2. The molecule has 1 saturated heterocycles. The first-order chi connectivity index (χ1) is 12.3. The van der Waals surface area contributed by atoms with Gasteiger partial charge in [-0.05, 0) is 42.7 Å². The van der Waals surface area contributed by atoms with E-state index in [1.165, 1.54) is 11.1 Å². The molecule has 132 valence electrons. The van der Waals surface area contributed by atoms with Gasteiger partial charge in [-0.3, -0.25) is 4.68 Å². The van der Waals surface area contributed by atoms with Crippen LogP contribution in [0.1, 0.15) is 36.3 Å². The van der Waals surface area contributed by atoms with Crippen molar-refractivity contribution in [3.05, 3.63) is 47.8 Å². The number of nitrogens with one attached hydrogen (secondary N) is 1. The summed E-state index contributed by atoms with van der Waals surface area (Å²) in [6.45, 7) is 3.22. The molecule has 6 heteroatoms. The second-order valence-corrected chi connectivity index (χ2v) is 7.20. The van der Waals surface area contributed by atoms with Crippen LogP contribution in [0.3, 0.4) is 0 Å². The Morgan fingerprint density at radius 3 is 3.08 bits per heavy atom. The number of benzene rings is 1. The van der Waals surface area contributed by atoms with E-state index in [1.54, 1.807) is 6.20 Å². The summed E-state index contributed by atoms with van der Waals surface area (Å²) < 4.78 is 1.86. The van der Waals surface area contributed by atoms with Crippen molar-refractivity contribution in [2.24, 2.45) is 5.92 Å². The van der Waals surface area contributed by atoms with Gasteiger partial charge >= 0.3 is 6.03 Å². The van der Waals surface area contributed by atoms with Gasteiger partial charge in [-0.2, -0.15) is 0 Å². The third-order valence-electron chi connectivity index (χ3n) is 5.48. The lowest BCUT2D eigenvalue weighted by atomic mass is 9.98. The number of hydrogen-bond donors (Lipinski definition) is 1. The Morgan fingerprint density at radius 1 is 1.28 bits per heavy atom. The molecule has 1 fully saturated rings. The van der Waals surface area contributed by atoms with Gasteiger partial charge in [-0.25, -0.2) is 4.79 Å². The average Bonchev–Trinajstić information content (AvgIpc) is 3.30. The molecule has 0 unspecified atom stereocenters.